The van der Waals surface area contributed by atoms with Crippen LogP contribution >= 0.6 is 0 Å². The van der Waals surface area contributed by atoms with Gasteiger partial charge in [0, 0.05) is 32.8 Å². The topological polar surface area (TPSA) is 39.8 Å². The number of pyridine rings is 1. The van der Waals surface area contributed by atoms with Crippen molar-refractivity contribution in [2.45, 2.75) is 85.0 Å². The fourth-order valence-electron chi connectivity index (χ4n) is 9.71. The molecule has 0 radical (unpaired) electrons. The molecule has 0 bridgehead atoms. The average Bonchev–Trinajstić information content (AvgIpc) is 4.05. The Hall–Kier alpha value is -6.81. The van der Waals surface area contributed by atoms with Gasteiger partial charge in [0.25, 0.3) is 6.33 Å². The zero-order valence-corrected chi connectivity index (χ0v) is 43.1. The van der Waals surface area contributed by atoms with Crippen molar-refractivity contribution >= 4 is 43.8 Å². The van der Waals surface area contributed by atoms with Crippen LogP contribution < -0.4 is 4.57 Å². The molecule has 0 spiro atoms. The summed E-state index contributed by atoms with van der Waals surface area (Å²) in [5.74, 6) is 0.830. The molecule has 0 atom stereocenters. The summed E-state index contributed by atoms with van der Waals surface area (Å²) in [7, 11) is 0. The van der Waals surface area contributed by atoms with Gasteiger partial charge in [0.05, 0.1) is 28.4 Å². The van der Waals surface area contributed by atoms with Gasteiger partial charge >= 0.3 is 0 Å². The third-order valence-corrected chi connectivity index (χ3v) is 13.5. The number of hydrogen-bond donors (Lipinski definition) is 0. The molecule has 6 heteroatoms. The number of hydrogen-bond acceptors (Lipinski definition) is 2. The Balaban J connectivity index is 0.00000553. The summed E-state index contributed by atoms with van der Waals surface area (Å²) < 4.78 is 12.5. The number of fused-ring (bicyclic) bond motifs is 5. The van der Waals surface area contributed by atoms with E-state index in [-0.39, 0.29) is 37.3 Å². The van der Waals surface area contributed by atoms with Crippen LogP contribution in [0.2, 0.25) is 0 Å². The number of benzene rings is 7. The van der Waals surface area contributed by atoms with Crippen LogP contribution in [0.25, 0.3) is 83.3 Å². The van der Waals surface area contributed by atoms with Crippen LogP contribution in [-0.2, 0) is 43.7 Å². The minimum absolute atomic E-state index is 0. The SMILES string of the molecule is CC(C)(C)c1ccc(-c2cc(C(C)(C)C)cc(-c3cccc(C(C)(C)C)c3)c2-[n+]2[c-]n(-c3[c-]c(Cc4[c-]c5c(cc4)c4ccccc4n5-c4nccc5occc45)ccc3)c3ccccc32)cc1.[Pt]. The van der Waals surface area contributed by atoms with Crippen LogP contribution in [0.5, 0.6) is 0 Å². The van der Waals surface area contributed by atoms with E-state index in [4.69, 9.17) is 9.40 Å². The van der Waals surface area contributed by atoms with Gasteiger partial charge in [0.2, 0.25) is 0 Å². The fourth-order valence-corrected chi connectivity index (χ4v) is 9.71. The molecule has 4 heterocycles. The van der Waals surface area contributed by atoms with E-state index in [1.165, 1.54) is 38.9 Å². The summed E-state index contributed by atoms with van der Waals surface area (Å²) in [4.78, 5) is 4.88. The maximum atomic E-state index is 5.81. The summed E-state index contributed by atoms with van der Waals surface area (Å²) in [5.41, 5.74) is 17.6. The molecule has 346 valence electrons. The van der Waals surface area contributed by atoms with Gasteiger partial charge in [0.1, 0.15) is 11.4 Å². The second-order valence-electron chi connectivity index (χ2n) is 21.4. The Bertz CT molecular complexity index is 3710. The van der Waals surface area contributed by atoms with E-state index in [2.05, 4.69) is 234 Å². The molecule has 0 aliphatic heterocycles. The van der Waals surface area contributed by atoms with Crippen molar-refractivity contribution in [3.8, 4) is 39.4 Å². The Kier molecular flexibility index (Phi) is 11.5. The number of rotatable bonds is 7. The van der Waals surface area contributed by atoms with E-state index in [0.29, 0.717) is 6.42 Å². The summed E-state index contributed by atoms with van der Waals surface area (Å²) >= 11 is 0. The van der Waals surface area contributed by atoms with E-state index >= 15 is 0 Å². The van der Waals surface area contributed by atoms with Crippen LogP contribution in [0.15, 0.2) is 169 Å². The summed E-state index contributed by atoms with van der Waals surface area (Å²) in [6, 6.07) is 62.8. The van der Waals surface area contributed by atoms with Crippen molar-refractivity contribution in [3.63, 3.8) is 0 Å². The maximum Gasteiger partial charge on any atom is 0.268 e. The van der Waals surface area contributed by atoms with E-state index in [0.717, 1.165) is 72.1 Å². The zero-order chi connectivity index (χ0) is 47.1. The Morgan fingerprint density at radius 2 is 1.23 bits per heavy atom. The molecule has 0 amide bonds. The number of para-hydroxylation sites is 3. The molecule has 0 saturated heterocycles. The van der Waals surface area contributed by atoms with Gasteiger partial charge in [-0.15, -0.1) is 5.39 Å². The van der Waals surface area contributed by atoms with Gasteiger partial charge < -0.3 is 13.6 Å². The molecular formula is C63H56N4OPt-2. The quantitative estimate of drug-likeness (QED) is 0.118. The monoisotopic (exact) mass is 1080 g/mol. The minimum atomic E-state index is -0.101. The number of aromatic nitrogens is 4. The molecule has 5 nitrogen and oxygen atoms in total. The predicted molar refractivity (Wildman–Crippen MR) is 279 cm³/mol. The molecule has 0 aliphatic rings. The van der Waals surface area contributed by atoms with E-state index in [1.807, 2.05) is 18.3 Å². The van der Waals surface area contributed by atoms with E-state index < -0.39 is 0 Å². The summed E-state index contributed by atoms with van der Waals surface area (Å²) in [5, 5.41) is 3.25. The predicted octanol–water partition coefficient (Wildman–Crippen LogP) is 15.4. The number of imidazole rings is 1. The van der Waals surface area contributed by atoms with E-state index in [1.54, 1.807) is 6.26 Å². The van der Waals surface area contributed by atoms with Gasteiger partial charge in [-0.3, -0.25) is 4.57 Å². The molecule has 0 N–H and O–H groups in total. The van der Waals surface area contributed by atoms with Crippen molar-refractivity contribution in [1.29, 1.82) is 0 Å². The average molecular weight is 1080 g/mol. The second-order valence-corrected chi connectivity index (χ2v) is 21.4. The van der Waals surface area contributed by atoms with Crippen molar-refractivity contribution in [2.24, 2.45) is 0 Å². The van der Waals surface area contributed by atoms with Crippen LogP contribution in [0, 0.1) is 18.5 Å². The molecule has 4 aromatic heterocycles. The van der Waals surface area contributed by atoms with Gasteiger partial charge in [-0.05, 0) is 90.9 Å². The van der Waals surface area contributed by atoms with Gasteiger partial charge in [0.15, 0.2) is 0 Å². The van der Waals surface area contributed by atoms with Crippen LogP contribution in [-0.4, -0.2) is 14.1 Å². The van der Waals surface area contributed by atoms with Crippen molar-refractivity contribution in [3.05, 3.63) is 210 Å². The summed E-state index contributed by atoms with van der Waals surface area (Å²) in [6.07, 6.45) is 8.11. The van der Waals surface area contributed by atoms with E-state index in [9.17, 15) is 0 Å². The van der Waals surface area contributed by atoms with Crippen molar-refractivity contribution < 1.29 is 30.0 Å². The molecule has 0 unspecified atom stereocenters. The first-order chi connectivity index (χ1) is 32.6. The molecule has 7 aromatic carbocycles. The third kappa shape index (κ3) is 8.35. The van der Waals surface area contributed by atoms with Gasteiger partial charge in [-0.25, -0.2) is 4.98 Å². The Labute approximate surface area is 420 Å². The first-order valence-electron chi connectivity index (χ1n) is 23.7. The van der Waals surface area contributed by atoms with Crippen molar-refractivity contribution in [2.75, 3.05) is 0 Å². The zero-order valence-electron chi connectivity index (χ0n) is 40.8. The first kappa shape index (κ1) is 45.9. The van der Waals surface area contributed by atoms with Gasteiger partial charge in [-0.2, -0.15) is 53.6 Å². The number of nitrogens with zero attached hydrogens (tertiary/aromatic N) is 4. The van der Waals surface area contributed by atoms with Crippen LogP contribution in [0.3, 0.4) is 0 Å². The van der Waals surface area contributed by atoms with Crippen LogP contribution in [0.4, 0.5) is 0 Å². The molecule has 0 aliphatic carbocycles. The number of furan rings is 1. The van der Waals surface area contributed by atoms with Gasteiger partial charge in [-0.1, -0.05) is 171 Å². The fraction of sp³-hybridized carbons (Fsp3) is 0.206. The summed E-state index contributed by atoms with van der Waals surface area (Å²) in [6.45, 7) is 20.6. The normalized spacial score (nSPS) is 12.4. The van der Waals surface area contributed by atoms with Crippen molar-refractivity contribution in [1.82, 2.24) is 14.1 Å². The van der Waals surface area contributed by atoms with Crippen LogP contribution in [0.1, 0.15) is 90.1 Å². The first-order valence-corrected chi connectivity index (χ1v) is 23.7. The smallest absolute Gasteiger partial charge is 0.268 e. The molecule has 11 aromatic rings. The molecule has 69 heavy (non-hydrogen) atoms. The second kappa shape index (κ2) is 17.3. The minimum Gasteiger partial charge on any atom is -0.464 e. The maximum absolute atomic E-state index is 5.81. The molecule has 11 rings (SSSR count). The largest absolute Gasteiger partial charge is 0.464 e. The molecular weight excluding hydrogens is 1020 g/mol. The molecule has 0 fully saturated rings. The third-order valence-electron chi connectivity index (χ3n) is 13.5. The molecule has 0 saturated carbocycles. The Morgan fingerprint density at radius 1 is 0.551 bits per heavy atom. The standard InChI is InChI=1S/C63H56N4O.Pt/c1-61(2,3)45-27-25-43(26-28-45)52-38-47(63(7,8)9)39-53(44-17-15-18-46(37-44)62(4,5)6)59(52)66-40-65(55-22-12-13-23-56(55)66)48-19-14-16-41(35-48)34-42-24-29-50-49-20-10-11-21-54(49)67(57(50)36-42)60-51-31-33-68-58(51)30-32-64-60;/h10-33,37-39H,34H2,1-9H3;/q-2;. The Morgan fingerprint density at radius 3 is 1.99 bits per heavy atom.